The molecule has 5 rings (SSSR count). The van der Waals surface area contributed by atoms with Crippen molar-refractivity contribution in [1.29, 1.82) is 0 Å². The quantitative estimate of drug-likeness (QED) is 0.103. The van der Waals surface area contributed by atoms with Crippen molar-refractivity contribution in [3.05, 3.63) is 52.9 Å². The summed E-state index contributed by atoms with van der Waals surface area (Å²) in [6.45, 7) is -0.292. The van der Waals surface area contributed by atoms with Crippen LogP contribution in [0.25, 0.3) is 10.1 Å². The van der Waals surface area contributed by atoms with Crippen LogP contribution in [0.5, 0.6) is 0 Å². The Morgan fingerprint density at radius 3 is 2.92 bits per heavy atom. The van der Waals surface area contributed by atoms with Gasteiger partial charge in [0.15, 0.2) is 24.7 Å². The lowest BCUT2D eigenvalue weighted by Gasteiger charge is -2.49. The first kappa shape index (κ1) is 26.2. The van der Waals surface area contributed by atoms with Crippen LogP contribution in [-0.4, -0.2) is 75.5 Å². The highest BCUT2D eigenvalue weighted by Gasteiger charge is 2.54. The fraction of sp³-hybridized carbons (Fsp3) is 0.261. The summed E-state index contributed by atoms with van der Waals surface area (Å²) in [6, 6.07) is 4.12. The summed E-state index contributed by atoms with van der Waals surface area (Å²) in [5, 5.41) is 22.2. The van der Waals surface area contributed by atoms with Crippen molar-refractivity contribution in [1.82, 2.24) is 15.4 Å². The van der Waals surface area contributed by atoms with Crippen LogP contribution in [0.4, 0.5) is 5.88 Å². The highest BCUT2D eigenvalue weighted by atomic mass is 32.2. The van der Waals surface area contributed by atoms with Gasteiger partial charge in [-0.1, -0.05) is 10.3 Å². The number of ether oxygens (including phenoxy) is 1. The van der Waals surface area contributed by atoms with Crippen molar-refractivity contribution in [2.24, 2.45) is 5.16 Å². The molecule has 2 amide bonds. The van der Waals surface area contributed by atoms with Gasteiger partial charge in [-0.25, -0.2) is 9.59 Å². The lowest BCUT2D eigenvalue weighted by molar-refractivity contribution is -0.687. The molecule has 16 heteroatoms. The molecule has 0 bridgehead atoms. The maximum atomic E-state index is 13.1. The number of aliphatic carboxylic acids is 1. The van der Waals surface area contributed by atoms with Crippen LogP contribution in [0, 0.1) is 0 Å². The molecule has 0 aromatic carbocycles. The van der Waals surface area contributed by atoms with Crippen LogP contribution in [0.15, 0.2) is 56.9 Å². The Balaban J connectivity index is 1.33. The van der Waals surface area contributed by atoms with Gasteiger partial charge in [0.1, 0.15) is 22.8 Å². The van der Waals surface area contributed by atoms with E-state index in [-0.39, 0.29) is 23.8 Å². The van der Waals surface area contributed by atoms with Crippen LogP contribution in [0.3, 0.4) is 0 Å². The van der Waals surface area contributed by atoms with Gasteiger partial charge in [-0.05, 0) is 11.4 Å². The molecule has 202 valence electrons. The molecule has 0 saturated carbocycles. The van der Waals surface area contributed by atoms with Gasteiger partial charge >= 0.3 is 11.9 Å². The molecule has 1 unspecified atom stereocenters. The molecule has 2 atom stereocenters. The predicted octanol–water partition coefficient (Wildman–Crippen LogP) is 0.0915. The van der Waals surface area contributed by atoms with E-state index in [1.807, 2.05) is 34.5 Å². The zero-order chi connectivity index (χ0) is 27.7. The average Bonchev–Trinajstić information content (AvgIpc) is 3.57. The number of nitrogens with two attached hydrogens (primary N) is 1. The number of hydrogen-bond acceptors (Lipinski definition) is 12. The number of carboxylic acid groups (broad SMARTS) is 1. The number of β-lactam (4-membered cyclic amide) rings is 1. The summed E-state index contributed by atoms with van der Waals surface area (Å²) in [4.78, 5) is 55.8. The van der Waals surface area contributed by atoms with E-state index in [1.54, 1.807) is 11.3 Å². The third-order valence-corrected chi connectivity index (χ3v) is 8.12. The average molecular weight is 574 g/mol. The van der Waals surface area contributed by atoms with Crippen LogP contribution in [0.1, 0.15) is 5.69 Å². The summed E-state index contributed by atoms with van der Waals surface area (Å²) in [7, 11) is 1.16. The van der Waals surface area contributed by atoms with Crippen molar-refractivity contribution >= 4 is 68.5 Å². The minimum atomic E-state index is -1.23. The standard InChI is InChI=1S/C23H20N6O8S2/c1-35-16(30)9-36-27-17(13-6-15(24)37-26-13)20(31)25-18-21(32)29-19(23(33)34)12(10-39-22(18)29)7-28-4-2-11-3-5-38-14(11)8-28/h2-6,8,18,22H,7,9-10H2,1H3,(H3-,24,25,26,31,33,34)/p+1/t18?,22-/m0/s1. The molecule has 0 aliphatic carbocycles. The number of thioether (sulfide) groups is 1. The van der Waals surface area contributed by atoms with Gasteiger partial charge in [0, 0.05) is 28.8 Å². The monoisotopic (exact) mass is 573 g/mol. The Hall–Kier alpha value is -4.44. The number of anilines is 1. The molecule has 5 heterocycles. The SMILES string of the molecule is COC(=O)CON=C(C(=O)NC1C(=O)N2C(C(=O)O)=C(C[n+]3ccc4ccsc4c3)CS[C@@H]12)c1cc(N)on1. The van der Waals surface area contributed by atoms with Gasteiger partial charge in [0.25, 0.3) is 11.8 Å². The summed E-state index contributed by atoms with van der Waals surface area (Å²) in [5.41, 5.74) is 5.51. The van der Waals surface area contributed by atoms with Crippen molar-refractivity contribution in [2.75, 3.05) is 25.2 Å². The molecule has 14 nitrogen and oxygen atoms in total. The van der Waals surface area contributed by atoms with Gasteiger partial charge in [-0.2, -0.15) is 4.57 Å². The molecule has 3 aromatic heterocycles. The zero-order valence-corrected chi connectivity index (χ0v) is 21.9. The number of oxime groups is 1. The van der Waals surface area contributed by atoms with Crippen molar-refractivity contribution < 1.29 is 42.9 Å². The second-order valence-electron chi connectivity index (χ2n) is 8.38. The molecule has 39 heavy (non-hydrogen) atoms. The van der Waals surface area contributed by atoms with Crippen LogP contribution in [0.2, 0.25) is 0 Å². The van der Waals surface area contributed by atoms with Crippen LogP contribution < -0.4 is 15.6 Å². The first-order valence-corrected chi connectivity index (χ1v) is 13.3. The number of fused-ring (bicyclic) bond motifs is 2. The minimum absolute atomic E-state index is 0.0945. The number of methoxy groups -OCH3 is 1. The minimum Gasteiger partial charge on any atom is -0.477 e. The number of rotatable bonds is 9. The van der Waals surface area contributed by atoms with Gasteiger partial charge in [-0.15, -0.1) is 23.1 Å². The third-order valence-electron chi connectivity index (χ3n) is 5.92. The molecule has 4 N–H and O–H groups in total. The van der Waals surface area contributed by atoms with Gasteiger partial charge in [0.05, 0.1) is 11.8 Å². The highest BCUT2D eigenvalue weighted by molar-refractivity contribution is 8.00. The van der Waals surface area contributed by atoms with Crippen molar-refractivity contribution in [2.45, 2.75) is 18.0 Å². The molecule has 1 fully saturated rings. The largest absolute Gasteiger partial charge is 0.477 e. The highest BCUT2D eigenvalue weighted by Crippen LogP contribution is 2.40. The second kappa shape index (κ2) is 10.7. The van der Waals surface area contributed by atoms with E-state index in [0.717, 1.165) is 17.2 Å². The van der Waals surface area contributed by atoms with E-state index in [4.69, 9.17) is 15.1 Å². The van der Waals surface area contributed by atoms with Crippen molar-refractivity contribution in [3.63, 3.8) is 0 Å². The number of nitrogens with one attached hydrogen (secondary N) is 1. The number of amides is 2. The smallest absolute Gasteiger partial charge is 0.352 e. The van der Waals surface area contributed by atoms with Gasteiger partial charge in [-0.3, -0.25) is 14.5 Å². The fourth-order valence-electron chi connectivity index (χ4n) is 4.09. The van der Waals surface area contributed by atoms with E-state index in [1.165, 1.54) is 22.7 Å². The Morgan fingerprint density at radius 2 is 2.21 bits per heavy atom. The predicted molar refractivity (Wildman–Crippen MR) is 137 cm³/mol. The number of esters is 1. The molecule has 0 spiro atoms. The van der Waals surface area contributed by atoms with Gasteiger partial charge < -0.3 is 30.3 Å². The van der Waals surface area contributed by atoms with E-state index < -0.39 is 47.5 Å². The summed E-state index contributed by atoms with van der Waals surface area (Å²) in [5.74, 6) is -3.20. The molecule has 2 aliphatic heterocycles. The Labute approximate surface area is 228 Å². The molecule has 0 radical (unpaired) electrons. The maximum absolute atomic E-state index is 13.1. The second-order valence-corrected chi connectivity index (χ2v) is 10.4. The topological polar surface area (TPSA) is 191 Å². The first-order chi connectivity index (χ1) is 18.8. The van der Waals surface area contributed by atoms with Crippen LogP contribution >= 0.6 is 23.1 Å². The summed E-state index contributed by atoms with van der Waals surface area (Å²) in [6.07, 6.45) is 3.79. The number of thiophene rings is 1. The zero-order valence-electron chi connectivity index (χ0n) is 20.2. The number of carbonyl (C=O) groups excluding carboxylic acids is 3. The number of carboxylic acids is 1. The molecule has 2 aliphatic rings. The Kier molecular flexibility index (Phi) is 7.21. The number of pyridine rings is 1. The van der Waals surface area contributed by atoms with E-state index in [2.05, 4.69) is 20.4 Å². The van der Waals surface area contributed by atoms with Crippen molar-refractivity contribution in [3.8, 4) is 0 Å². The Morgan fingerprint density at radius 1 is 1.38 bits per heavy atom. The van der Waals surface area contributed by atoms with Crippen LogP contribution in [-0.2, 0) is 35.3 Å². The lowest BCUT2D eigenvalue weighted by Crippen LogP contribution is -2.71. The van der Waals surface area contributed by atoms with E-state index in [9.17, 15) is 24.3 Å². The van der Waals surface area contributed by atoms with Gasteiger partial charge in [0.2, 0.25) is 12.5 Å². The summed E-state index contributed by atoms with van der Waals surface area (Å²) >= 11 is 2.91. The Bertz CT molecular complexity index is 1550. The lowest BCUT2D eigenvalue weighted by atomic mass is 10.0. The third kappa shape index (κ3) is 5.15. The molecule has 3 aromatic rings. The number of aromatic nitrogens is 2. The number of nitrogens with zero attached hydrogens (tertiary/aromatic N) is 4. The first-order valence-electron chi connectivity index (χ1n) is 11.3. The number of carbonyl (C=O) groups is 4. The number of hydrogen-bond donors (Lipinski definition) is 3. The van der Waals surface area contributed by atoms with E-state index in [0.29, 0.717) is 11.3 Å². The molecular weight excluding hydrogens is 552 g/mol. The molecule has 1 saturated heterocycles. The normalized spacial score (nSPS) is 18.9. The maximum Gasteiger partial charge on any atom is 0.352 e. The molecular formula is C23H21N6O8S2+. The van der Waals surface area contributed by atoms with E-state index >= 15 is 0 Å². The summed E-state index contributed by atoms with van der Waals surface area (Å²) < 4.78 is 12.2. The fourth-order valence-corrected chi connectivity index (χ4v) is 6.26. The number of nitrogen functional groups attached to an aromatic ring is 1.